The van der Waals surface area contributed by atoms with Gasteiger partial charge in [0.1, 0.15) is 5.82 Å². The minimum absolute atomic E-state index is 0.312. The third kappa shape index (κ3) is 3.12. The zero-order valence-corrected chi connectivity index (χ0v) is 11.0. The molecule has 0 aliphatic rings. The zero-order valence-electron chi connectivity index (χ0n) is 10.2. The van der Waals surface area contributed by atoms with Crippen molar-refractivity contribution in [3.8, 4) is 11.1 Å². The van der Waals surface area contributed by atoms with E-state index in [1.165, 1.54) is 12.1 Å². The summed E-state index contributed by atoms with van der Waals surface area (Å²) < 4.78 is 13.3. The predicted molar refractivity (Wildman–Crippen MR) is 72.9 cm³/mol. The molecule has 0 radical (unpaired) electrons. The lowest BCUT2D eigenvalue weighted by atomic mass is 9.96. The first-order chi connectivity index (χ1) is 8.97. The summed E-state index contributed by atoms with van der Waals surface area (Å²) in [6.45, 7) is 1.61. The summed E-state index contributed by atoms with van der Waals surface area (Å²) in [7, 11) is 0. The van der Waals surface area contributed by atoms with Gasteiger partial charge in [-0.15, -0.1) is 0 Å². The number of aliphatic carboxylic acids is 1. The molecule has 0 spiro atoms. The zero-order chi connectivity index (χ0) is 14.0. The molecule has 0 aliphatic carbocycles. The van der Waals surface area contributed by atoms with Crippen molar-refractivity contribution in [1.82, 2.24) is 0 Å². The van der Waals surface area contributed by atoms with E-state index in [4.69, 9.17) is 16.7 Å². The maximum Gasteiger partial charge on any atom is 0.310 e. The first kappa shape index (κ1) is 13.6. The number of carbonyl (C=O) groups is 1. The molecule has 2 nitrogen and oxygen atoms in total. The topological polar surface area (TPSA) is 37.3 Å². The van der Waals surface area contributed by atoms with Crippen molar-refractivity contribution < 1.29 is 14.3 Å². The molecule has 0 aliphatic heterocycles. The second kappa shape index (κ2) is 5.41. The van der Waals surface area contributed by atoms with Crippen LogP contribution >= 0.6 is 11.6 Å². The maximum atomic E-state index is 13.3. The Hall–Kier alpha value is -1.87. The molecule has 2 aromatic carbocycles. The van der Waals surface area contributed by atoms with Crippen LogP contribution in [0.4, 0.5) is 4.39 Å². The van der Waals surface area contributed by atoms with Crippen molar-refractivity contribution in [1.29, 1.82) is 0 Å². The molecule has 1 atom stereocenters. The van der Waals surface area contributed by atoms with E-state index in [1.807, 2.05) is 0 Å². The number of carboxylic acid groups (broad SMARTS) is 1. The molecule has 4 heteroatoms. The number of benzene rings is 2. The van der Waals surface area contributed by atoms with Gasteiger partial charge in [-0.1, -0.05) is 35.9 Å². The highest BCUT2D eigenvalue weighted by Gasteiger charge is 2.14. The molecule has 0 amide bonds. The third-order valence-electron chi connectivity index (χ3n) is 2.95. The van der Waals surface area contributed by atoms with Gasteiger partial charge in [-0.05, 0) is 41.8 Å². The van der Waals surface area contributed by atoms with Crippen LogP contribution < -0.4 is 0 Å². The van der Waals surface area contributed by atoms with Crippen molar-refractivity contribution in [3.63, 3.8) is 0 Å². The fourth-order valence-electron chi connectivity index (χ4n) is 1.85. The Balaban J connectivity index is 2.46. The lowest BCUT2D eigenvalue weighted by Gasteiger charge is -2.09. The standard InChI is InChI=1S/C15H12ClFO2/c1-9(15(18)19)10-3-2-4-11(5-10)12-6-13(16)8-14(17)7-12/h2-9H,1H3,(H,18,19). The smallest absolute Gasteiger partial charge is 0.310 e. The van der Waals surface area contributed by atoms with Gasteiger partial charge in [0.05, 0.1) is 5.92 Å². The summed E-state index contributed by atoms with van der Waals surface area (Å²) in [5.74, 6) is -1.92. The van der Waals surface area contributed by atoms with E-state index >= 15 is 0 Å². The molecule has 0 aromatic heterocycles. The Labute approximate surface area is 115 Å². The SMILES string of the molecule is CC(C(=O)O)c1cccc(-c2cc(F)cc(Cl)c2)c1. The number of rotatable bonds is 3. The van der Waals surface area contributed by atoms with Crippen LogP contribution in [0.15, 0.2) is 42.5 Å². The van der Waals surface area contributed by atoms with E-state index in [0.29, 0.717) is 16.1 Å². The summed E-state index contributed by atoms with van der Waals surface area (Å²) in [4.78, 5) is 11.0. The van der Waals surface area contributed by atoms with Crippen LogP contribution in [0.5, 0.6) is 0 Å². The summed E-state index contributed by atoms with van der Waals surface area (Å²) in [6.07, 6.45) is 0. The molecule has 1 unspecified atom stereocenters. The molecule has 0 bridgehead atoms. The third-order valence-corrected chi connectivity index (χ3v) is 3.17. The Bertz CT molecular complexity index is 605. The Morgan fingerprint density at radius 1 is 1.21 bits per heavy atom. The number of carboxylic acids is 1. The second-order valence-electron chi connectivity index (χ2n) is 4.34. The molecule has 2 rings (SSSR count). The molecular formula is C15H12ClFO2. The highest BCUT2D eigenvalue weighted by Crippen LogP contribution is 2.27. The first-order valence-electron chi connectivity index (χ1n) is 5.76. The fraction of sp³-hybridized carbons (Fsp3) is 0.133. The molecule has 0 saturated heterocycles. The van der Waals surface area contributed by atoms with Crippen LogP contribution in [0, 0.1) is 5.82 Å². The molecule has 98 valence electrons. The molecule has 2 aromatic rings. The van der Waals surface area contributed by atoms with Gasteiger partial charge in [-0.25, -0.2) is 4.39 Å². The molecular weight excluding hydrogens is 267 g/mol. The van der Waals surface area contributed by atoms with E-state index < -0.39 is 17.7 Å². The molecule has 19 heavy (non-hydrogen) atoms. The van der Waals surface area contributed by atoms with Gasteiger partial charge in [0.25, 0.3) is 0 Å². The summed E-state index contributed by atoms with van der Waals surface area (Å²) >= 11 is 5.82. The Kier molecular flexibility index (Phi) is 3.86. The highest BCUT2D eigenvalue weighted by molar-refractivity contribution is 6.30. The monoisotopic (exact) mass is 278 g/mol. The van der Waals surface area contributed by atoms with Gasteiger partial charge in [0, 0.05) is 5.02 Å². The van der Waals surface area contributed by atoms with Crippen LogP contribution in [-0.2, 0) is 4.79 Å². The number of halogens is 2. The van der Waals surface area contributed by atoms with E-state index in [-0.39, 0.29) is 0 Å². The Morgan fingerprint density at radius 2 is 1.95 bits per heavy atom. The predicted octanol–water partition coefficient (Wildman–Crippen LogP) is 4.33. The maximum absolute atomic E-state index is 13.3. The van der Waals surface area contributed by atoms with Gasteiger partial charge in [-0.2, -0.15) is 0 Å². The average Bonchev–Trinajstić information content (AvgIpc) is 2.36. The van der Waals surface area contributed by atoms with Crippen LogP contribution in [-0.4, -0.2) is 11.1 Å². The van der Waals surface area contributed by atoms with E-state index in [2.05, 4.69) is 0 Å². The van der Waals surface area contributed by atoms with Crippen molar-refractivity contribution >= 4 is 17.6 Å². The van der Waals surface area contributed by atoms with Crippen molar-refractivity contribution in [2.24, 2.45) is 0 Å². The average molecular weight is 279 g/mol. The van der Waals surface area contributed by atoms with Crippen molar-refractivity contribution in [2.45, 2.75) is 12.8 Å². The van der Waals surface area contributed by atoms with Gasteiger partial charge in [0.15, 0.2) is 0 Å². The van der Waals surface area contributed by atoms with Crippen molar-refractivity contribution in [3.05, 3.63) is 58.9 Å². The second-order valence-corrected chi connectivity index (χ2v) is 4.78. The summed E-state index contributed by atoms with van der Waals surface area (Å²) in [5.41, 5.74) is 2.04. The normalized spacial score (nSPS) is 12.2. The van der Waals surface area contributed by atoms with Crippen LogP contribution in [0.25, 0.3) is 11.1 Å². The number of hydrogen-bond donors (Lipinski definition) is 1. The molecule has 0 saturated carbocycles. The molecule has 1 N–H and O–H groups in total. The van der Waals surface area contributed by atoms with Gasteiger partial charge in [0.2, 0.25) is 0 Å². The van der Waals surface area contributed by atoms with Crippen LogP contribution in [0.2, 0.25) is 5.02 Å². The van der Waals surface area contributed by atoms with Crippen LogP contribution in [0.1, 0.15) is 18.4 Å². The summed E-state index contributed by atoms with van der Waals surface area (Å²) in [5, 5.41) is 9.32. The molecule has 0 fully saturated rings. The minimum Gasteiger partial charge on any atom is -0.481 e. The quantitative estimate of drug-likeness (QED) is 0.907. The van der Waals surface area contributed by atoms with E-state index in [9.17, 15) is 9.18 Å². The van der Waals surface area contributed by atoms with Gasteiger partial charge < -0.3 is 5.11 Å². The van der Waals surface area contributed by atoms with Gasteiger partial charge >= 0.3 is 5.97 Å². The largest absolute Gasteiger partial charge is 0.481 e. The minimum atomic E-state index is -0.894. The van der Waals surface area contributed by atoms with Crippen LogP contribution in [0.3, 0.4) is 0 Å². The summed E-state index contributed by atoms with van der Waals surface area (Å²) in [6, 6.07) is 11.3. The van der Waals surface area contributed by atoms with E-state index in [1.54, 1.807) is 37.3 Å². The highest BCUT2D eigenvalue weighted by atomic mass is 35.5. The lowest BCUT2D eigenvalue weighted by molar-refractivity contribution is -0.138. The van der Waals surface area contributed by atoms with Gasteiger partial charge in [-0.3, -0.25) is 4.79 Å². The molecule has 0 heterocycles. The number of hydrogen-bond acceptors (Lipinski definition) is 1. The fourth-order valence-corrected chi connectivity index (χ4v) is 2.07. The Morgan fingerprint density at radius 3 is 2.58 bits per heavy atom. The van der Waals surface area contributed by atoms with E-state index in [0.717, 1.165) is 5.56 Å². The first-order valence-corrected chi connectivity index (χ1v) is 6.14. The van der Waals surface area contributed by atoms with Crippen molar-refractivity contribution in [2.75, 3.05) is 0 Å². The lowest BCUT2D eigenvalue weighted by Crippen LogP contribution is -2.07.